The zero-order chi connectivity index (χ0) is 13.1. The average molecular weight is 272 g/mol. The largest absolute Gasteiger partial charge is 0.382 e. The average Bonchev–Trinajstić information content (AvgIpc) is 2.93. The monoisotopic (exact) mass is 272 g/mol. The minimum atomic E-state index is 0.361. The van der Waals surface area contributed by atoms with Gasteiger partial charge in [-0.25, -0.2) is 0 Å². The van der Waals surface area contributed by atoms with Gasteiger partial charge in [0.1, 0.15) is 0 Å². The zero-order valence-electron chi connectivity index (χ0n) is 11.0. The van der Waals surface area contributed by atoms with Gasteiger partial charge in [0, 0.05) is 28.2 Å². The molecule has 19 heavy (non-hydrogen) atoms. The highest BCUT2D eigenvalue weighted by molar-refractivity contribution is 7.13. The normalized spacial score (nSPS) is 23.2. The van der Waals surface area contributed by atoms with E-state index >= 15 is 0 Å². The zero-order valence-corrected chi connectivity index (χ0v) is 11.8. The topological polar surface area (TPSA) is 38.0 Å². The highest BCUT2D eigenvalue weighted by Crippen LogP contribution is 2.33. The fraction of sp³-hybridized carbons (Fsp3) is 0.375. The number of rotatable bonds is 3. The SMILES string of the molecule is NC1CCCC(Nc2ccccc2-c2cccs2)C1. The summed E-state index contributed by atoms with van der Waals surface area (Å²) in [4.78, 5) is 1.32. The van der Waals surface area contributed by atoms with Crippen LogP contribution in [0.25, 0.3) is 10.4 Å². The molecule has 1 heterocycles. The third-order valence-corrected chi connectivity index (χ3v) is 4.69. The van der Waals surface area contributed by atoms with Crippen LogP contribution in [0.2, 0.25) is 0 Å². The minimum Gasteiger partial charge on any atom is -0.382 e. The second-order valence-electron chi connectivity index (χ2n) is 5.29. The highest BCUT2D eigenvalue weighted by atomic mass is 32.1. The van der Waals surface area contributed by atoms with E-state index in [1.807, 2.05) is 0 Å². The Morgan fingerprint density at radius 3 is 2.79 bits per heavy atom. The lowest BCUT2D eigenvalue weighted by atomic mass is 9.91. The van der Waals surface area contributed by atoms with Gasteiger partial charge in [-0.15, -0.1) is 11.3 Å². The number of nitrogens with one attached hydrogen (secondary N) is 1. The standard InChI is InChI=1S/C16H20N2S/c17-12-5-3-6-13(11-12)18-15-8-2-1-7-14(15)16-9-4-10-19-16/h1-2,4,7-10,12-13,18H,3,5-6,11,17H2. The molecule has 2 nitrogen and oxygen atoms in total. The van der Waals surface area contributed by atoms with E-state index in [0.29, 0.717) is 12.1 Å². The lowest BCUT2D eigenvalue weighted by Gasteiger charge is -2.28. The first-order valence-electron chi connectivity index (χ1n) is 6.98. The van der Waals surface area contributed by atoms with E-state index in [0.717, 1.165) is 6.42 Å². The molecule has 2 aromatic rings. The van der Waals surface area contributed by atoms with Gasteiger partial charge >= 0.3 is 0 Å². The molecule has 3 rings (SSSR count). The van der Waals surface area contributed by atoms with Crippen LogP contribution in [-0.2, 0) is 0 Å². The van der Waals surface area contributed by atoms with Crippen LogP contribution >= 0.6 is 11.3 Å². The van der Waals surface area contributed by atoms with Crippen LogP contribution in [0.5, 0.6) is 0 Å². The van der Waals surface area contributed by atoms with Gasteiger partial charge in [-0.2, -0.15) is 0 Å². The fourth-order valence-electron chi connectivity index (χ4n) is 2.83. The van der Waals surface area contributed by atoms with E-state index in [9.17, 15) is 0 Å². The molecule has 3 heteroatoms. The molecule has 0 saturated heterocycles. The van der Waals surface area contributed by atoms with Crippen LogP contribution in [-0.4, -0.2) is 12.1 Å². The Labute approximate surface area is 118 Å². The van der Waals surface area contributed by atoms with Gasteiger partial charge in [-0.05, 0) is 43.2 Å². The molecule has 100 valence electrons. The van der Waals surface area contributed by atoms with Gasteiger partial charge in [0.05, 0.1) is 0 Å². The molecule has 1 aliphatic rings. The van der Waals surface area contributed by atoms with Crippen LogP contribution < -0.4 is 11.1 Å². The third kappa shape index (κ3) is 2.99. The summed E-state index contributed by atoms with van der Waals surface area (Å²) in [5.41, 5.74) is 8.62. The van der Waals surface area contributed by atoms with Crippen molar-refractivity contribution >= 4 is 17.0 Å². The number of benzene rings is 1. The molecule has 0 amide bonds. The molecule has 0 spiro atoms. The summed E-state index contributed by atoms with van der Waals surface area (Å²) >= 11 is 1.79. The summed E-state index contributed by atoms with van der Waals surface area (Å²) < 4.78 is 0. The van der Waals surface area contributed by atoms with E-state index in [4.69, 9.17) is 5.73 Å². The van der Waals surface area contributed by atoms with Gasteiger partial charge in [-0.1, -0.05) is 24.3 Å². The van der Waals surface area contributed by atoms with Crippen LogP contribution in [0.1, 0.15) is 25.7 Å². The Hall–Kier alpha value is -1.32. The minimum absolute atomic E-state index is 0.361. The molecule has 1 saturated carbocycles. The lowest BCUT2D eigenvalue weighted by Crippen LogP contribution is -2.34. The van der Waals surface area contributed by atoms with Crippen LogP contribution in [0.3, 0.4) is 0 Å². The van der Waals surface area contributed by atoms with E-state index in [2.05, 4.69) is 47.1 Å². The molecular weight excluding hydrogens is 252 g/mol. The van der Waals surface area contributed by atoms with E-state index in [-0.39, 0.29) is 0 Å². The predicted octanol–water partition coefficient (Wildman–Crippen LogP) is 4.10. The molecule has 1 aromatic heterocycles. The molecule has 0 bridgehead atoms. The van der Waals surface area contributed by atoms with Crippen LogP contribution in [0, 0.1) is 0 Å². The van der Waals surface area contributed by atoms with Gasteiger partial charge in [0.15, 0.2) is 0 Å². The summed E-state index contributed by atoms with van der Waals surface area (Å²) in [5.74, 6) is 0. The third-order valence-electron chi connectivity index (χ3n) is 3.79. The maximum atomic E-state index is 6.07. The second-order valence-corrected chi connectivity index (χ2v) is 6.24. The Morgan fingerprint density at radius 2 is 2.00 bits per heavy atom. The van der Waals surface area contributed by atoms with Gasteiger partial charge in [0.2, 0.25) is 0 Å². The summed E-state index contributed by atoms with van der Waals surface area (Å²) in [6, 6.07) is 13.7. The number of anilines is 1. The maximum Gasteiger partial charge on any atom is 0.0430 e. The summed E-state index contributed by atoms with van der Waals surface area (Å²) in [7, 11) is 0. The van der Waals surface area contributed by atoms with E-state index in [1.54, 1.807) is 11.3 Å². The first-order valence-corrected chi connectivity index (χ1v) is 7.86. The van der Waals surface area contributed by atoms with Crippen LogP contribution in [0.15, 0.2) is 41.8 Å². The fourth-order valence-corrected chi connectivity index (χ4v) is 3.60. The van der Waals surface area contributed by atoms with Crippen molar-refractivity contribution in [3.05, 3.63) is 41.8 Å². The summed E-state index contributed by atoms with van der Waals surface area (Å²) in [6.07, 6.45) is 4.72. The van der Waals surface area contributed by atoms with Crippen molar-refractivity contribution in [3.63, 3.8) is 0 Å². The second kappa shape index (κ2) is 5.76. The number of thiophene rings is 1. The number of para-hydroxylation sites is 1. The molecule has 0 aliphatic heterocycles. The predicted molar refractivity (Wildman–Crippen MR) is 83.6 cm³/mol. The quantitative estimate of drug-likeness (QED) is 0.883. The maximum absolute atomic E-state index is 6.07. The molecule has 0 radical (unpaired) electrons. The first-order chi connectivity index (χ1) is 9.33. The molecule has 1 aromatic carbocycles. The first kappa shape index (κ1) is 12.7. The smallest absolute Gasteiger partial charge is 0.0430 e. The number of hydrogen-bond donors (Lipinski definition) is 2. The molecular formula is C16H20N2S. The van der Waals surface area contributed by atoms with E-state index in [1.165, 1.54) is 35.4 Å². The number of nitrogens with two attached hydrogens (primary N) is 1. The van der Waals surface area contributed by atoms with Gasteiger partial charge in [0.25, 0.3) is 0 Å². The highest BCUT2D eigenvalue weighted by Gasteiger charge is 2.19. The number of hydrogen-bond acceptors (Lipinski definition) is 3. The summed E-state index contributed by atoms with van der Waals surface area (Å²) in [5, 5.41) is 5.82. The van der Waals surface area contributed by atoms with Crippen molar-refractivity contribution in [1.82, 2.24) is 0 Å². The molecule has 3 N–H and O–H groups in total. The van der Waals surface area contributed by atoms with Crippen molar-refractivity contribution in [3.8, 4) is 10.4 Å². The lowest BCUT2D eigenvalue weighted by molar-refractivity contribution is 0.409. The van der Waals surface area contributed by atoms with Gasteiger partial charge < -0.3 is 11.1 Å². The summed E-state index contributed by atoms with van der Waals surface area (Å²) in [6.45, 7) is 0. The molecule has 1 fully saturated rings. The van der Waals surface area contributed by atoms with Gasteiger partial charge in [-0.3, -0.25) is 0 Å². The van der Waals surface area contributed by atoms with Crippen LogP contribution in [0.4, 0.5) is 5.69 Å². The molecule has 2 atom stereocenters. The Morgan fingerprint density at radius 1 is 1.11 bits per heavy atom. The van der Waals surface area contributed by atoms with Crippen molar-refractivity contribution in [2.24, 2.45) is 5.73 Å². The van der Waals surface area contributed by atoms with Crippen molar-refractivity contribution in [2.75, 3.05) is 5.32 Å². The molecule has 1 aliphatic carbocycles. The molecule has 2 unspecified atom stereocenters. The van der Waals surface area contributed by atoms with Crippen molar-refractivity contribution < 1.29 is 0 Å². The van der Waals surface area contributed by atoms with Crippen molar-refractivity contribution in [2.45, 2.75) is 37.8 Å². The van der Waals surface area contributed by atoms with Crippen molar-refractivity contribution in [1.29, 1.82) is 0 Å². The van der Waals surface area contributed by atoms with E-state index < -0.39 is 0 Å². The Bertz CT molecular complexity index is 521. The Balaban J connectivity index is 1.81. The Kier molecular flexibility index (Phi) is 3.85.